The van der Waals surface area contributed by atoms with Gasteiger partial charge in [-0.15, -0.1) is 0 Å². The second-order valence-electron chi connectivity index (χ2n) is 8.58. The van der Waals surface area contributed by atoms with Gasteiger partial charge in [0.05, 0.1) is 30.4 Å². The lowest BCUT2D eigenvalue weighted by Gasteiger charge is -2.25. The molecular weight excluding hydrogens is 444 g/mol. The number of carbonyl (C=O) groups excluding carboxylic acids is 2. The molecule has 0 saturated carbocycles. The van der Waals surface area contributed by atoms with Gasteiger partial charge in [-0.3, -0.25) is 9.59 Å². The van der Waals surface area contributed by atoms with Crippen molar-refractivity contribution in [2.24, 2.45) is 0 Å². The summed E-state index contributed by atoms with van der Waals surface area (Å²) in [6.45, 7) is 8.97. The molecule has 0 radical (unpaired) electrons. The highest BCUT2D eigenvalue weighted by atomic mass is 16.5. The molecule has 35 heavy (non-hydrogen) atoms. The van der Waals surface area contributed by atoms with Crippen LogP contribution in [0.1, 0.15) is 56.5 Å². The minimum absolute atomic E-state index is 0.0732. The first-order valence-corrected chi connectivity index (χ1v) is 12.2. The van der Waals surface area contributed by atoms with Gasteiger partial charge in [0.25, 0.3) is 11.7 Å². The maximum atomic E-state index is 13.4. The Morgan fingerprint density at radius 3 is 2.51 bits per heavy atom. The number of carbonyl (C=O) groups is 2. The van der Waals surface area contributed by atoms with Crippen LogP contribution in [-0.4, -0.2) is 46.4 Å². The standard InChI is InChI=1S/C28H32N2O5/c1-5-8-15-30-25(23-17(4)29-21-12-10-9-11-19(21)23)24(27(32)28(30)33)26(31)20-14-13-18(34-6-2)16-22(20)35-7-3/h9-14,16,25,29,31H,5-8,15H2,1-4H3/b26-24+. The molecule has 1 saturated heterocycles. The van der Waals surface area contributed by atoms with Crippen LogP contribution in [0.4, 0.5) is 0 Å². The second-order valence-corrected chi connectivity index (χ2v) is 8.58. The van der Waals surface area contributed by atoms with Gasteiger partial charge < -0.3 is 24.5 Å². The van der Waals surface area contributed by atoms with Gasteiger partial charge in [0.15, 0.2) is 0 Å². The lowest BCUT2D eigenvalue weighted by Crippen LogP contribution is -2.30. The number of ether oxygens (including phenoxy) is 2. The van der Waals surface area contributed by atoms with E-state index in [1.807, 2.05) is 52.0 Å². The monoisotopic (exact) mass is 476 g/mol. The molecule has 3 aromatic rings. The Labute approximate surface area is 205 Å². The summed E-state index contributed by atoms with van der Waals surface area (Å²) in [7, 11) is 0. The molecule has 7 nitrogen and oxygen atoms in total. The van der Waals surface area contributed by atoms with Crippen molar-refractivity contribution in [3.8, 4) is 11.5 Å². The highest BCUT2D eigenvalue weighted by Crippen LogP contribution is 2.44. The summed E-state index contributed by atoms with van der Waals surface area (Å²) in [5, 5.41) is 12.5. The average Bonchev–Trinajstić information content (AvgIpc) is 3.30. The number of H-pyrrole nitrogens is 1. The number of aryl methyl sites for hydroxylation is 1. The maximum Gasteiger partial charge on any atom is 0.295 e. The molecule has 1 unspecified atom stereocenters. The molecule has 0 spiro atoms. The van der Waals surface area contributed by atoms with E-state index in [1.165, 1.54) is 0 Å². The number of hydrogen-bond donors (Lipinski definition) is 2. The summed E-state index contributed by atoms with van der Waals surface area (Å²) < 4.78 is 11.4. The number of unbranched alkanes of at least 4 members (excludes halogenated alkanes) is 1. The smallest absolute Gasteiger partial charge is 0.295 e. The van der Waals surface area contributed by atoms with Gasteiger partial charge in [-0.1, -0.05) is 31.5 Å². The first-order valence-electron chi connectivity index (χ1n) is 12.2. The summed E-state index contributed by atoms with van der Waals surface area (Å²) in [6.07, 6.45) is 1.62. The number of amides is 1. The molecule has 2 aromatic carbocycles. The number of nitrogens with zero attached hydrogens (tertiary/aromatic N) is 1. The third-order valence-corrected chi connectivity index (χ3v) is 6.33. The lowest BCUT2D eigenvalue weighted by molar-refractivity contribution is -0.139. The molecule has 7 heteroatoms. The molecule has 184 valence electrons. The summed E-state index contributed by atoms with van der Waals surface area (Å²) in [5.74, 6) is -0.545. The van der Waals surface area contributed by atoms with Crippen molar-refractivity contribution >= 4 is 28.4 Å². The third-order valence-electron chi connectivity index (χ3n) is 6.33. The predicted octanol–water partition coefficient (Wildman–Crippen LogP) is 5.50. The number of fused-ring (bicyclic) bond motifs is 1. The van der Waals surface area contributed by atoms with Crippen LogP contribution in [0.2, 0.25) is 0 Å². The quantitative estimate of drug-likeness (QED) is 0.242. The highest BCUT2D eigenvalue weighted by molar-refractivity contribution is 6.46. The van der Waals surface area contributed by atoms with Crippen LogP contribution in [0.3, 0.4) is 0 Å². The van der Waals surface area contributed by atoms with Gasteiger partial charge in [-0.2, -0.15) is 0 Å². The summed E-state index contributed by atoms with van der Waals surface area (Å²) in [4.78, 5) is 31.6. The van der Waals surface area contributed by atoms with E-state index in [2.05, 4.69) is 4.98 Å². The summed E-state index contributed by atoms with van der Waals surface area (Å²) in [6, 6.07) is 12.2. The molecule has 4 rings (SSSR count). The zero-order valence-corrected chi connectivity index (χ0v) is 20.7. The van der Waals surface area contributed by atoms with Crippen molar-refractivity contribution in [2.75, 3.05) is 19.8 Å². The van der Waals surface area contributed by atoms with E-state index in [1.54, 1.807) is 23.1 Å². The molecule has 2 heterocycles. The zero-order valence-electron chi connectivity index (χ0n) is 20.7. The topological polar surface area (TPSA) is 91.9 Å². The molecule has 1 aromatic heterocycles. The molecule has 2 N–H and O–H groups in total. The highest BCUT2D eigenvalue weighted by Gasteiger charge is 2.47. The predicted molar refractivity (Wildman–Crippen MR) is 136 cm³/mol. The van der Waals surface area contributed by atoms with Crippen LogP contribution in [0.25, 0.3) is 16.7 Å². The Balaban J connectivity index is 1.95. The zero-order chi connectivity index (χ0) is 25.1. The Morgan fingerprint density at radius 2 is 1.80 bits per heavy atom. The van der Waals surface area contributed by atoms with Crippen LogP contribution >= 0.6 is 0 Å². The number of rotatable bonds is 9. The third kappa shape index (κ3) is 4.38. The van der Waals surface area contributed by atoms with Gasteiger partial charge in [-0.05, 0) is 45.4 Å². The van der Waals surface area contributed by atoms with Crippen LogP contribution < -0.4 is 9.47 Å². The fourth-order valence-corrected chi connectivity index (χ4v) is 4.76. The van der Waals surface area contributed by atoms with Crippen LogP contribution in [0.5, 0.6) is 11.5 Å². The number of aromatic nitrogens is 1. The van der Waals surface area contributed by atoms with E-state index in [9.17, 15) is 14.7 Å². The van der Waals surface area contributed by atoms with E-state index in [0.29, 0.717) is 36.8 Å². The first-order chi connectivity index (χ1) is 16.9. The number of benzene rings is 2. The maximum absolute atomic E-state index is 13.4. The Kier molecular flexibility index (Phi) is 7.15. The Hall–Kier alpha value is -3.74. The van der Waals surface area contributed by atoms with E-state index in [0.717, 1.165) is 35.0 Å². The van der Waals surface area contributed by atoms with Crippen molar-refractivity contribution in [1.82, 2.24) is 9.88 Å². The number of ketones is 1. The van der Waals surface area contributed by atoms with Crippen LogP contribution in [0.15, 0.2) is 48.0 Å². The van der Waals surface area contributed by atoms with Crippen LogP contribution in [0, 0.1) is 6.92 Å². The van der Waals surface area contributed by atoms with Gasteiger partial charge in [0.2, 0.25) is 0 Å². The van der Waals surface area contributed by atoms with Crippen molar-refractivity contribution < 1.29 is 24.2 Å². The van der Waals surface area contributed by atoms with Gasteiger partial charge >= 0.3 is 0 Å². The van der Waals surface area contributed by atoms with Crippen molar-refractivity contribution in [1.29, 1.82) is 0 Å². The van der Waals surface area contributed by atoms with Gasteiger partial charge in [0, 0.05) is 34.8 Å². The summed E-state index contributed by atoms with van der Waals surface area (Å²) >= 11 is 0. The van der Waals surface area contributed by atoms with E-state index >= 15 is 0 Å². The number of Topliss-reactive ketones (excluding diaryl/α,β-unsaturated/α-hetero) is 1. The average molecular weight is 477 g/mol. The number of para-hydroxylation sites is 1. The van der Waals surface area contributed by atoms with Gasteiger partial charge in [0.1, 0.15) is 17.3 Å². The Bertz CT molecular complexity index is 1290. The minimum Gasteiger partial charge on any atom is -0.507 e. The van der Waals surface area contributed by atoms with Crippen molar-refractivity contribution in [2.45, 2.75) is 46.6 Å². The molecule has 1 fully saturated rings. The van der Waals surface area contributed by atoms with E-state index < -0.39 is 17.7 Å². The molecule has 1 amide bonds. The minimum atomic E-state index is -0.709. The summed E-state index contributed by atoms with van der Waals surface area (Å²) in [5.41, 5.74) is 3.01. The number of nitrogens with one attached hydrogen (secondary N) is 1. The fraction of sp³-hybridized carbons (Fsp3) is 0.357. The largest absolute Gasteiger partial charge is 0.507 e. The Morgan fingerprint density at radius 1 is 1.06 bits per heavy atom. The molecule has 1 aliphatic rings. The van der Waals surface area contributed by atoms with Crippen molar-refractivity contribution in [3.05, 3.63) is 64.9 Å². The van der Waals surface area contributed by atoms with Crippen molar-refractivity contribution in [3.63, 3.8) is 0 Å². The SMILES string of the molecule is CCCCN1C(=O)C(=O)/C(=C(/O)c2ccc(OCC)cc2OCC)C1c1c(C)[nH]c2ccccc12. The van der Waals surface area contributed by atoms with E-state index in [4.69, 9.17) is 9.47 Å². The first kappa shape index (κ1) is 24.4. The van der Waals surface area contributed by atoms with Gasteiger partial charge in [-0.25, -0.2) is 0 Å². The number of aliphatic hydroxyl groups excluding tert-OH is 1. The number of aliphatic hydroxyl groups is 1. The number of aromatic amines is 1. The number of hydrogen-bond acceptors (Lipinski definition) is 5. The van der Waals surface area contributed by atoms with Crippen LogP contribution in [-0.2, 0) is 9.59 Å². The lowest BCUT2D eigenvalue weighted by atomic mass is 9.93. The molecule has 0 aliphatic carbocycles. The second kappa shape index (κ2) is 10.3. The fourth-order valence-electron chi connectivity index (χ4n) is 4.76. The molecule has 1 atom stereocenters. The van der Waals surface area contributed by atoms with E-state index in [-0.39, 0.29) is 11.3 Å². The molecular formula is C28H32N2O5. The molecule has 1 aliphatic heterocycles. The normalized spacial score (nSPS) is 17.4. The number of likely N-dealkylation sites (tertiary alicyclic amines) is 1. The molecule has 0 bridgehead atoms.